The Balaban J connectivity index is 0.000000169. The molecule has 294 valence electrons. The first kappa shape index (κ1) is 39.6. The van der Waals surface area contributed by atoms with Gasteiger partial charge in [-0.2, -0.15) is 0 Å². The third-order valence-corrected chi connectivity index (χ3v) is 13.6. The van der Waals surface area contributed by atoms with Gasteiger partial charge in [0.05, 0.1) is 0 Å². The van der Waals surface area contributed by atoms with Gasteiger partial charge in [-0.15, -0.1) is 0 Å². The van der Waals surface area contributed by atoms with Crippen molar-refractivity contribution in [3.63, 3.8) is 0 Å². The molecule has 0 atom stereocenters. The highest BCUT2D eigenvalue weighted by Gasteiger charge is 2.31. The van der Waals surface area contributed by atoms with E-state index in [0.29, 0.717) is 23.0 Å². The Morgan fingerprint density at radius 1 is 0.309 bits per heavy atom. The average Bonchev–Trinajstić information content (AvgIpc) is 3.22. The summed E-state index contributed by atoms with van der Waals surface area (Å²) in [6, 6.07) is 16.6. The van der Waals surface area contributed by atoms with Crippen molar-refractivity contribution in [3.05, 3.63) is 119 Å². The molecule has 0 bridgehead atoms. The van der Waals surface area contributed by atoms with E-state index in [0.717, 1.165) is 66.3 Å². The molecular weight excluding hydrogens is 710 g/mol. The van der Waals surface area contributed by atoms with Crippen LogP contribution in [0.1, 0.15) is 139 Å². The van der Waals surface area contributed by atoms with Crippen molar-refractivity contribution in [1.29, 1.82) is 0 Å². The van der Waals surface area contributed by atoms with Gasteiger partial charge in [0.2, 0.25) is 0 Å². The maximum absolute atomic E-state index is 14.7. The normalized spacial score (nSPS) is 23.9. The molecule has 0 saturated heterocycles. The van der Waals surface area contributed by atoms with E-state index >= 15 is 0 Å². The van der Waals surface area contributed by atoms with E-state index in [4.69, 9.17) is 0 Å². The van der Waals surface area contributed by atoms with Gasteiger partial charge in [-0.3, -0.25) is 0 Å². The maximum Gasteiger partial charge on any atom is 0.194 e. The van der Waals surface area contributed by atoms with Crippen molar-refractivity contribution in [1.82, 2.24) is 0 Å². The van der Waals surface area contributed by atoms with Gasteiger partial charge in [0.15, 0.2) is 34.9 Å². The minimum Gasteiger partial charge on any atom is -0.206 e. The molecule has 0 amide bonds. The fourth-order valence-corrected chi connectivity index (χ4v) is 10.5. The van der Waals surface area contributed by atoms with Gasteiger partial charge in [-0.1, -0.05) is 101 Å². The van der Waals surface area contributed by atoms with Crippen LogP contribution in [0, 0.1) is 64.4 Å². The third kappa shape index (κ3) is 9.51. The van der Waals surface area contributed by atoms with Crippen LogP contribution in [-0.2, 0) is 0 Å². The van der Waals surface area contributed by atoms with E-state index in [2.05, 4.69) is 12.1 Å². The molecular formula is C48H53F7. The first-order valence-corrected chi connectivity index (χ1v) is 20.8. The zero-order valence-corrected chi connectivity index (χ0v) is 31.7. The molecule has 0 nitrogen and oxygen atoms in total. The van der Waals surface area contributed by atoms with E-state index in [1.807, 2.05) is 18.2 Å². The zero-order chi connectivity index (χ0) is 38.5. The molecule has 4 aromatic rings. The van der Waals surface area contributed by atoms with Crippen LogP contribution in [-0.4, -0.2) is 0 Å². The van der Waals surface area contributed by atoms with Gasteiger partial charge in [0.25, 0.3) is 0 Å². The minimum absolute atomic E-state index is 0.0152. The summed E-state index contributed by atoms with van der Waals surface area (Å²) < 4.78 is 94.9. The smallest absolute Gasteiger partial charge is 0.194 e. The van der Waals surface area contributed by atoms with E-state index in [9.17, 15) is 30.7 Å². The standard InChI is InChI=1S/C24H26F4.C24H27F3/c25-21-12-18(10-11-20(21)19-13-22(26)24(28)23(27)14-19)17-8-6-16(7-9-17)15-4-2-1-3-5-15;25-22-14-21(15-23(26)24(22)27)20-12-10-19(11-13-20)18-8-6-17(7-9-18)16-4-2-1-3-5-16/h10-17H,1-9H2;10-18H,1-9H2. The number of hydrogen-bond donors (Lipinski definition) is 0. The Morgan fingerprint density at radius 3 is 1.13 bits per heavy atom. The van der Waals surface area contributed by atoms with Crippen LogP contribution in [0.5, 0.6) is 0 Å². The van der Waals surface area contributed by atoms with Crippen LogP contribution in [0.15, 0.2) is 66.7 Å². The van der Waals surface area contributed by atoms with Crippen molar-refractivity contribution in [2.24, 2.45) is 23.7 Å². The predicted octanol–water partition coefficient (Wildman–Crippen LogP) is 15.4. The predicted molar refractivity (Wildman–Crippen MR) is 206 cm³/mol. The van der Waals surface area contributed by atoms with Gasteiger partial charge in [0, 0.05) is 5.56 Å². The monoisotopic (exact) mass is 762 g/mol. The lowest BCUT2D eigenvalue weighted by atomic mass is 9.70. The average molecular weight is 763 g/mol. The summed E-state index contributed by atoms with van der Waals surface area (Å²) in [5.74, 6) is -3.90. The van der Waals surface area contributed by atoms with Gasteiger partial charge in [0.1, 0.15) is 5.82 Å². The first-order chi connectivity index (χ1) is 26.6. The molecule has 4 saturated carbocycles. The van der Waals surface area contributed by atoms with Crippen LogP contribution in [0.2, 0.25) is 0 Å². The maximum atomic E-state index is 14.7. The molecule has 4 aromatic carbocycles. The van der Waals surface area contributed by atoms with Gasteiger partial charge >= 0.3 is 0 Å². The van der Waals surface area contributed by atoms with E-state index < -0.39 is 40.7 Å². The van der Waals surface area contributed by atoms with E-state index in [1.165, 1.54) is 114 Å². The van der Waals surface area contributed by atoms with Crippen molar-refractivity contribution in [2.75, 3.05) is 0 Å². The highest BCUT2D eigenvalue weighted by atomic mass is 19.2. The van der Waals surface area contributed by atoms with Crippen molar-refractivity contribution in [3.8, 4) is 22.3 Å². The number of hydrogen-bond acceptors (Lipinski definition) is 0. The van der Waals surface area contributed by atoms with Crippen LogP contribution in [0.25, 0.3) is 22.3 Å². The topological polar surface area (TPSA) is 0 Å². The molecule has 0 radical (unpaired) electrons. The van der Waals surface area contributed by atoms with Gasteiger partial charge < -0.3 is 0 Å². The summed E-state index contributed by atoms with van der Waals surface area (Å²) in [7, 11) is 0. The number of benzene rings is 4. The number of rotatable bonds is 6. The number of halogens is 7. The van der Waals surface area contributed by atoms with Crippen LogP contribution < -0.4 is 0 Å². The largest absolute Gasteiger partial charge is 0.206 e. The molecule has 4 aliphatic carbocycles. The van der Waals surface area contributed by atoms with Crippen LogP contribution in [0.4, 0.5) is 30.7 Å². The molecule has 0 aromatic heterocycles. The van der Waals surface area contributed by atoms with Crippen molar-refractivity contribution < 1.29 is 30.7 Å². The van der Waals surface area contributed by atoms with Crippen LogP contribution in [0.3, 0.4) is 0 Å². The van der Waals surface area contributed by atoms with Gasteiger partial charge in [-0.05, 0) is 145 Å². The Morgan fingerprint density at radius 2 is 0.691 bits per heavy atom. The lowest BCUT2D eigenvalue weighted by Crippen LogP contribution is -2.23. The summed E-state index contributed by atoms with van der Waals surface area (Å²) in [5.41, 5.74) is 3.46. The lowest BCUT2D eigenvalue weighted by Gasteiger charge is -2.36. The van der Waals surface area contributed by atoms with E-state index in [-0.39, 0.29) is 11.1 Å². The SMILES string of the molecule is Fc1cc(-c2ccc(C3CCC(C4CCCCC4)CC3)cc2)cc(F)c1F.Fc1cc(C2CCC(C3CCCCC3)CC2)ccc1-c1cc(F)c(F)c(F)c1. The minimum atomic E-state index is -1.53. The summed E-state index contributed by atoms with van der Waals surface area (Å²) in [5, 5.41) is 0. The lowest BCUT2D eigenvalue weighted by molar-refractivity contribution is 0.186. The molecule has 4 fully saturated rings. The molecule has 0 aliphatic heterocycles. The van der Waals surface area contributed by atoms with Crippen LogP contribution >= 0.6 is 0 Å². The second-order valence-electron chi connectivity index (χ2n) is 16.9. The second-order valence-corrected chi connectivity index (χ2v) is 16.9. The Kier molecular flexibility index (Phi) is 13.0. The molecule has 0 N–H and O–H groups in total. The highest BCUT2D eigenvalue weighted by molar-refractivity contribution is 5.65. The molecule has 55 heavy (non-hydrogen) atoms. The fourth-order valence-electron chi connectivity index (χ4n) is 10.5. The molecule has 0 spiro atoms. The Bertz CT molecular complexity index is 1830. The summed E-state index contributed by atoms with van der Waals surface area (Å²) in [6.45, 7) is 0. The molecule has 8 rings (SSSR count). The molecule has 0 unspecified atom stereocenters. The zero-order valence-electron chi connectivity index (χ0n) is 31.7. The van der Waals surface area contributed by atoms with E-state index in [1.54, 1.807) is 6.07 Å². The fraction of sp³-hybridized carbons (Fsp3) is 0.500. The highest BCUT2D eigenvalue weighted by Crippen LogP contribution is 2.45. The molecule has 4 aliphatic rings. The second kappa shape index (κ2) is 18.1. The quantitative estimate of drug-likeness (QED) is 0.136. The van der Waals surface area contributed by atoms with Gasteiger partial charge in [-0.25, -0.2) is 30.7 Å². The van der Waals surface area contributed by atoms with Crippen molar-refractivity contribution in [2.45, 2.75) is 127 Å². The third-order valence-electron chi connectivity index (χ3n) is 13.6. The Hall–Kier alpha value is -3.61. The molecule has 0 heterocycles. The summed E-state index contributed by atoms with van der Waals surface area (Å²) >= 11 is 0. The summed E-state index contributed by atoms with van der Waals surface area (Å²) in [4.78, 5) is 0. The molecule has 7 heteroatoms. The Labute approximate surface area is 322 Å². The summed E-state index contributed by atoms with van der Waals surface area (Å²) in [6.07, 6.45) is 23.6. The first-order valence-electron chi connectivity index (χ1n) is 20.8. The van der Waals surface area contributed by atoms with Crippen molar-refractivity contribution >= 4 is 0 Å².